The lowest BCUT2D eigenvalue weighted by Crippen LogP contribution is -2.06. The smallest absolute Gasteiger partial charge is 0.137 e. The van der Waals surface area contributed by atoms with E-state index in [4.69, 9.17) is 27.9 Å². The fraction of sp³-hybridized carbons (Fsp3) is 0.400. The van der Waals surface area contributed by atoms with Crippen LogP contribution in [0.5, 0.6) is 5.75 Å². The van der Waals surface area contributed by atoms with E-state index in [1.165, 1.54) is 0 Å². The zero-order valence-electron chi connectivity index (χ0n) is 8.08. The van der Waals surface area contributed by atoms with Gasteiger partial charge in [-0.15, -0.1) is 23.2 Å². The van der Waals surface area contributed by atoms with Crippen LogP contribution in [0.1, 0.15) is 18.6 Å². The van der Waals surface area contributed by atoms with Crippen molar-refractivity contribution in [2.45, 2.75) is 17.9 Å². The maximum atomic E-state index is 9.67. The molecule has 0 aliphatic heterocycles. The molecule has 0 saturated heterocycles. The second kappa shape index (κ2) is 5.94. The quantitative estimate of drug-likeness (QED) is 0.859. The summed E-state index contributed by atoms with van der Waals surface area (Å²) in [5, 5.41) is 9.67. The third-order valence-corrected chi connectivity index (χ3v) is 2.72. The highest BCUT2D eigenvalue weighted by Crippen LogP contribution is 2.30. The van der Waals surface area contributed by atoms with E-state index in [0.717, 1.165) is 4.47 Å². The summed E-state index contributed by atoms with van der Waals surface area (Å²) < 4.78 is 6.15. The lowest BCUT2D eigenvalue weighted by molar-refractivity contribution is 0.192. The summed E-state index contributed by atoms with van der Waals surface area (Å²) >= 11 is 14.5. The molecule has 1 unspecified atom stereocenters. The van der Waals surface area contributed by atoms with E-state index < -0.39 is 10.9 Å². The molecule has 15 heavy (non-hydrogen) atoms. The highest BCUT2D eigenvalue weighted by molar-refractivity contribution is 9.10. The first-order valence-electron chi connectivity index (χ1n) is 4.44. The first kappa shape index (κ1) is 13.1. The third kappa shape index (κ3) is 3.83. The number of ether oxygens (including phenoxy) is 1. The fourth-order valence-electron chi connectivity index (χ4n) is 1.15. The highest BCUT2D eigenvalue weighted by Gasteiger charge is 2.17. The van der Waals surface area contributed by atoms with Gasteiger partial charge in [0, 0.05) is 4.47 Å². The van der Waals surface area contributed by atoms with Crippen LogP contribution in [0.2, 0.25) is 0 Å². The van der Waals surface area contributed by atoms with Crippen molar-refractivity contribution in [2.75, 3.05) is 6.61 Å². The molecular formula is C10H11BrCl2O2. The Morgan fingerprint density at radius 2 is 2.07 bits per heavy atom. The van der Waals surface area contributed by atoms with Gasteiger partial charge in [0.15, 0.2) is 0 Å². The van der Waals surface area contributed by atoms with Gasteiger partial charge in [-0.1, -0.05) is 15.9 Å². The molecule has 5 heteroatoms. The summed E-state index contributed by atoms with van der Waals surface area (Å²) in [6, 6.07) is 5.29. The Hall–Kier alpha value is 0.0400. The van der Waals surface area contributed by atoms with E-state index in [1.807, 2.05) is 13.0 Å². The lowest BCUT2D eigenvalue weighted by Gasteiger charge is -2.13. The van der Waals surface area contributed by atoms with E-state index in [1.54, 1.807) is 12.1 Å². The van der Waals surface area contributed by atoms with E-state index in [9.17, 15) is 5.11 Å². The fourth-order valence-corrected chi connectivity index (χ4v) is 1.93. The molecule has 0 spiro atoms. The van der Waals surface area contributed by atoms with Crippen molar-refractivity contribution in [1.82, 2.24) is 0 Å². The van der Waals surface area contributed by atoms with Crippen molar-refractivity contribution in [3.63, 3.8) is 0 Å². The zero-order valence-corrected chi connectivity index (χ0v) is 11.2. The molecule has 84 valence electrons. The highest BCUT2D eigenvalue weighted by atomic mass is 79.9. The van der Waals surface area contributed by atoms with Crippen LogP contribution in [0.15, 0.2) is 22.7 Å². The molecular weight excluding hydrogens is 303 g/mol. The maximum absolute atomic E-state index is 9.67. The molecule has 0 radical (unpaired) electrons. The summed E-state index contributed by atoms with van der Waals surface area (Å²) in [4.78, 5) is -0.853. The van der Waals surface area contributed by atoms with Crippen LogP contribution in [0.3, 0.4) is 0 Å². The second-order valence-corrected chi connectivity index (χ2v) is 5.01. The molecule has 1 atom stereocenters. The molecule has 1 N–H and O–H groups in total. The van der Waals surface area contributed by atoms with Crippen molar-refractivity contribution in [3.8, 4) is 5.75 Å². The number of halogens is 3. The number of alkyl halides is 2. The summed E-state index contributed by atoms with van der Waals surface area (Å²) in [7, 11) is 0. The van der Waals surface area contributed by atoms with Crippen molar-refractivity contribution >= 4 is 39.1 Å². The minimum absolute atomic E-state index is 0.567. The number of aliphatic hydroxyl groups excluding tert-OH is 1. The van der Waals surface area contributed by atoms with Gasteiger partial charge in [0.05, 0.1) is 6.61 Å². The van der Waals surface area contributed by atoms with Crippen LogP contribution in [0, 0.1) is 0 Å². The van der Waals surface area contributed by atoms with Crippen LogP contribution in [-0.2, 0) is 0 Å². The number of hydrogen-bond donors (Lipinski definition) is 1. The van der Waals surface area contributed by atoms with Crippen LogP contribution < -0.4 is 4.74 Å². The molecule has 0 bridgehead atoms. The molecule has 0 aliphatic carbocycles. The van der Waals surface area contributed by atoms with Gasteiger partial charge < -0.3 is 9.84 Å². The van der Waals surface area contributed by atoms with Crippen LogP contribution in [-0.4, -0.2) is 16.5 Å². The third-order valence-electron chi connectivity index (χ3n) is 1.78. The van der Waals surface area contributed by atoms with Crippen molar-refractivity contribution in [2.24, 2.45) is 0 Å². The standard InChI is InChI=1S/C10H11BrCl2O2/c1-2-15-8-4-6(3-7(11)5-8)9(14)10(12)13/h3-5,9-10,14H,2H2,1H3. The van der Waals surface area contributed by atoms with Gasteiger partial charge in [-0.05, 0) is 30.7 Å². The van der Waals surface area contributed by atoms with Crippen molar-refractivity contribution in [1.29, 1.82) is 0 Å². The minimum Gasteiger partial charge on any atom is -0.494 e. The van der Waals surface area contributed by atoms with Crippen LogP contribution in [0.4, 0.5) is 0 Å². The normalized spacial score (nSPS) is 12.9. The largest absolute Gasteiger partial charge is 0.494 e. The Morgan fingerprint density at radius 1 is 1.40 bits per heavy atom. The lowest BCUT2D eigenvalue weighted by atomic mass is 10.1. The predicted octanol–water partition coefficient (Wildman–Crippen LogP) is 3.68. The van der Waals surface area contributed by atoms with E-state index >= 15 is 0 Å². The molecule has 0 saturated carbocycles. The van der Waals surface area contributed by atoms with Gasteiger partial charge in [0.2, 0.25) is 0 Å². The van der Waals surface area contributed by atoms with E-state index in [2.05, 4.69) is 15.9 Å². The first-order chi connectivity index (χ1) is 7.04. The van der Waals surface area contributed by atoms with E-state index in [0.29, 0.717) is 17.9 Å². The Bertz CT molecular complexity index is 331. The van der Waals surface area contributed by atoms with Gasteiger partial charge in [0.25, 0.3) is 0 Å². The van der Waals surface area contributed by atoms with Gasteiger partial charge in [-0.25, -0.2) is 0 Å². The molecule has 0 aliphatic rings. The molecule has 0 heterocycles. The molecule has 0 fully saturated rings. The van der Waals surface area contributed by atoms with Crippen LogP contribution >= 0.6 is 39.1 Å². The average Bonchev–Trinajstić information content (AvgIpc) is 2.16. The van der Waals surface area contributed by atoms with Crippen molar-refractivity contribution in [3.05, 3.63) is 28.2 Å². The molecule has 1 aromatic rings. The van der Waals surface area contributed by atoms with E-state index in [-0.39, 0.29) is 0 Å². The first-order valence-corrected chi connectivity index (χ1v) is 6.10. The monoisotopic (exact) mass is 312 g/mol. The molecule has 0 amide bonds. The number of hydrogen-bond acceptors (Lipinski definition) is 2. The zero-order chi connectivity index (χ0) is 11.4. The van der Waals surface area contributed by atoms with Gasteiger partial charge in [-0.2, -0.15) is 0 Å². The number of benzene rings is 1. The Kier molecular flexibility index (Phi) is 5.19. The van der Waals surface area contributed by atoms with Crippen LogP contribution in [0.25, 0.3) is 0 Å². The topological polar surface area (TPSA) is 29.5 Å². The maximum Gasteiger partial charge on any atom is 0.137 e. The Morgan fingerprint density at radius 3 is 2.60 bits per heavy atom. The summed E-state index contributed by atoms with van der Waals surface area (Å²) in [5.41, 5.74) is 0.628. The Balaban J connectivity index is 2.97. The molecule has 2 nitrogen and oxygen atoms in total. The van der Waals surface area contributed by atoms with Gasteiger partial charge in [0.1, 0.15) is 16.7 Å². The van der Waals surface area contributed by atoms with Crippen molar-refractivity contribution < 1.29 is 9.84 Å². The number of rotatable bonds is 4. The summed E-state index contributed by atoms with van der Waals surface area (Å²) in [6.07, 6.45) is -0.912. The Labute approximate surface area is 107 Å². The minimum atomic E-state index is -0.912. The molecule has 1 rings (SSSR count). The summed E-state index contributed by atoms with van der Waals surface area (Å²) in [5.74, 6) is 0.676. The van der Waals surface area contributed by atoms with Gasteiger partial charge >= 0.3 is 0 Å². The number of aliphatic hydroxyl groups is 1. The second-order valence-electron chi connectivity index (χ2n) is 2.93. The SMILES string of the molecule is CCOc1cc(Br)cc(C(O)C(Cl)Cl)c1. The predicted molar refractivity (Wildman–Crippen MR) is 65.8 cm³/mol. The molecule has 0 aromatic heterocycles. The average molecular weight is 314 g/mol. The van der Waals surface area contributed by atoms with Gasteiger partial charge in [-0.3, -0.25) is 0 Å². The molecule has 1 aromatic carbocycles. The summed E-state index contributed by atoms with van der Waals surface area (Å²) in [6.45, 7) is 2.46.